The summed E-state index contributed by atoms with van der Waals surface area (Å²) >= 11 is 1.60. The van der Waals surface area contributed by atoms with Crippen LogP contribution in [-0.4, -0.2) is 9.55 Å². The van der Waals surface area contributed by atoms with E-state index >= 15 is 0 Å². The predicted octanol–water partition coefficient (Wildman–Crippen LogP) is 4.49. The molecular formula is C20H20N2OS. The summed E-state index contributed by atoms with van der Waals surface area (Å²) in [7, 11) is 0. The fourth-order valence-electron chi connectivity index (χ4n) is 2.65. The van der Waals surface area contributed by atoms with Gasteiger partial charge in [-0.15, -0.1) is 6.58 Å². The van der Waals surface area contributed by atoms with Crippen LogP contribution >= 0.6 is 11.8 Å². The normalized spacial score (nSPS) is 10.9. The third-order valence-electron chi connectivity index (χ3n) is 4.00. The minimum absolute atomic E-state index is 0.0102. The van der Waals surface area contributed by atoms with Crippen molar-refractivity contribution in [2.24, 2.45) is 0 Å². The molecular weight excluding hydrogens is 316 g/mol. The zero-order valence-electron chi connectivity index (χ0n) is 14.0. The van der Waals surface area contributed by atoms with Crippen LogP contribution in [0.4, 0.5) is 0 Å². The molecule has 3 aromatic rings. The van der Waals surface area contributed by atoms with Gasteiger partial charge < -0.3 is 0 Å². The van der Waals surface area contributed by atoms with Crippen LogP contribution in [0.25, 0.3) is 10.9 Å². The van der Waals surface area contributed by atoms with Gasteiger partial charge in [-0.1, -0.05) is 53.7 Å². The number of rotatable bonds is 5. The smallest absolute Gasteiger partial charge is 0.262 e. The summed E-state index contributed by atoms with van der Waals surface area (Å²) < 4.78 is 1.70. The van der Waals surface area contributed by atoms with Gasteiger partial charge in [-0.2, -0.15) is 0 Å². The van der Waals surface area contributed by atoms with E-state index in [-0.39, 0.29) is 5.56 Å². The van der Waals surface area contributed by atoms with Gasteiger partial charge >= 0.3 is 0 Å². The Labute approximate surface area is 146 Å². The van der Waals surface area contributed by atoms with E-state index in [1.807, 2.05) is 24.3 Å². The van der Waals surface area contributed by atoms with Crippen molar-refractivity contribution in [3.8, 4) is 0 Å². The molecule has 0 saturated heterocycles. The Balaban J connectivity index is 2.01. The molecule has 0 aliphatic carbocycles. The molecule has 0 fully saturated rings. The first-order valence-electron chi connectivity index (χ1n) is 7.89. The highest BCUT2D eigenvalue weighted by Gasteiger charge is 2.11. The first-order valence-corrected chi connectivity index (χ1v) is 8.88. The van der Waals surface area contributed by atoms with Crippen molar-refractivity contribution in [3.05, 3.63) is 82.2 Å². The Kier molecular flexibility index (Phi) is 4.86. The van der Waals surface area contributed by atoms with E-state index in [9.17, 15) is 4.79 Å². The molecule has 122 valence electrons. The molecule has 0 saturated carbocycles. The fraction of sp³-hybridized carbons (Fsp3) is 0.200. The maximum Gasteiger partial charge on any atom is 0.262 e. The Hall–Kier alpha value is -2.33. The molecule has 4 heteroatoms. The van der Waals surface area contributed by atoms with Crippen LogP contribution in [-0.2, 0) is 12.3 Å². The van der Waals surface area contributed by atoms with Crippen molar-refractivity contribution in [1.82, 2.24) is 9.55 Å². The number of thioether (sulfide) groups is 1. The highest BCUT2D eigenvalue weighted by atomic mass is 32.2. The number of nitrogens with zero attached hydrogens (tertiary/aromatic N) is 2. The molecule has 0 unspecified atom stereocenters. The second-order valence-electron chi connectivity index (χ2n) is 5.83. The molecule has 0 bridgehead atoms. The number of hydrogen-bond donors (Lipinski definition) is 0. The molecule has 0 atom stereocenters. The maximum absolute atomic E-state index is 12.7. The summed E-state index contributed by atoms with van der Waals surface area (Å²) in [6.45, 7) is 8.43. The molecule has 1 heterocycles. The second-order valence-corrected chi connectivity index (χ2v) is 6.78. The Bertz CT molecular complexity index is 960. The Morgan fingerprint density at radius 3 is 2.79 bits per heavy atom. The van der Waals surface area contributed by atoms with E-state index in [0.29, 0.717) is 11.9 Å². The summed E-state index contributed by atoms with van der Waals surface area (Å²) in [6, 6.07) is 13.9. The van der Waals surface area contributed by atoms with Crippen LogP contribution in [0, 0.1) is 13.8 Å². The minimum atomic E-state index is -0.0102. The number of para-hydroxylation sites is 1. The standard InChI is InChI=1S/C20H20N2OS/c1-4-11-22-19(23)17-7-5-6-8-18(17)21-20(22)24-13-16-12-14(2)9-10-15(16)3/h4-10,12H,1,11,13H2,2-3H3. The van der Waals surface area contributed by atoms with Crippen LogP contribution in [0.1, 0.15) is 16.7 Å². The second kappa shape index (κ2) is 7.05. The van der Waals surface area contributed by atoms with Crippen molar-refractivity contribution < 1.29 is 0 Å². The van der Waals surface area contributed by atoms with Crippen molar-refractivity contribution in [3.63, 3.8) is 0 Å². The van der Waals surface area contributed by atoms with Gasteiger partial charge in [0.2, 0.25) is 0 Å². The molecule has 3 rings (SSSR count). The molecule has 0 amide bonds. The number of hydrogen-bond acceptors (Lipinski definition) is 3. The number of benzene rings is 2. The van der Waals surface area contributed by atoms with Gasteiger partial charge in [0.25, 0.3) is 5.56 Å². The van der Waals surface area contributed by atoms with Gasteiger partial charge in [-0.25, -0.2) is 4.98 Å². The molecule has 24 heavy (non-hydrogen) atoms. The van der Waals surface area contributed by atoms with E-state index in [2.05, 4.69) is 38.6 Å². The lowest BCUT2D eigenvalue weighted by molar-refractivity contribution is 0.671. The Morgan fingerprint density at radius 2 is 2.00 bits per heavy atom. The third-order valence-corrected chi connectivity index (χ3v) is 5.02. The number of fused-ring (bicyclic) bond motifs is 1. The third kappa shape index (κ3) is 3.29. The fourth-order valence-corrected chi connectivity index (χ4v) is 3.72. The van der Waals surface area contributed by atoms with E-state index in [1.165, 1.54) is 16.7 Å². The van der Waals surface area contributed by atoms with Gasteiger partial charge in [0.15, 0.2) is 5.16 Å². The van der Waals surface area contributed by atoms with Crippen LogP contribution in [0.15, 0.2) is 65.1 Å². The van der Waals surface area contributed by atoms with Gasteiger partial charge in [0.05, 0.1) is 10.9 Å². The van der Waals surface area contributed by atoms with E-state index in [0.717, 1.165) is 16.4 Å². The molecule has 0 spiro atoms. The van der Waals surface area contributed by atoms with Crippen LogP contribution in [0.2, 0.25) is 0 Å². The van der Waals surface area contributed by atoms with Crippen molar-refractivity contribution >= 4 is 22.7 Å². The molecule has 0 aliphatic heterocycles. The van der Waals surface area contributed by atoms with Crippen molar-refractivity contribution in [2.45, 2.75) is 31.3 Å². The van der Waals surface area contributed by atoms with Crippen LogP contribution in [0.3, 0.4) is 0 Å². The minimum Gasteiger partial charge on any atom is -0.283 e. The number of aryl methyl sites for hydroxylation is 2. The van der Waals surface area contributed by atoms with E-state index in [1.54, 1.807) is 22.4 Å². The summed E-state index contributed by atoms with van der Waals surface area (Å²) in [5.41, 5.74) is 4.50. The maximum atomic E-state index is 12.7. The van der Waals surface area contributed by atoms with Gasteiger partial charge in [-0.05, 0) is 37.1 Å². The zero-order valence-corrected chi connectivity index (χ0v) is 14.8. The summed E-state index contributed by atoms with van der Waals surface area (Å²) in [6.07, 6.45) is 1.74. The average Bonchev–Trinajstić information content (AvgIpc) is 2.58. The molecule has 0 aliphatic rings. The first-order chi connectivity index (χ1) is 11.6. The largest absolute Gasteiger partial charge is 0.283 e. The number of aromatic nitrogens is 2. The molecule has 0 N–H and O–H groups in total. The quantitative estimate of drug-likeness (QED) is 0.391. The monoisotopic (exact) mass is 336 g/mol. The molecule has 0 radical (unpaired) electrons. The van der Waals surface area contributed by atoms with Gasteiger partial charge in [0, 0.05) is 12.3 Å². The lowest BCUT2D eigenvalue weighted by Gasteiger charge is -2.12. The lowest BCUT2D eigenvalue weighted by atomic mass is 10.1. The molecule has 3 nitrogen and oxygen atoms in total. The van der Waals surface area contributed by atoms with Crippen molar-refractivity contribution in [1.29, 1.82) is 0 Å². The molecule has 2 aromatic carbocycles. The van der Waals surface area contributed by atoms with Gasteiger partial charge in [-0.3, -0.25) is 9.36 Å². The van der Waals surface area contributed by atoms with Crippen molar-refractivity contribution in [2.75, 3.05) is 0 Å². The van der Waals surface area contributed by atoms with E-state index < -0.39 is 0 Å². The summed E-state index contributed by atoms with van der Waals surface area (Å²) in [4.78, 5) is 17.4. The average molecular weight is 336 g/mol. The van der Waals surface area contributed by atoms with Crippen LogP contribution < -0.4 is 5.56 Å². The molecule has 1 aromatic heterocycles. The highest BCUT2D eigenvalue weighted by molar-refractivity contribution is 7.98. The highest BCUT2D eigenvalue weighted by Crippen LogP contribution is 2.24. The summed E-state index contributed by atoms with van der Waals surface area (Å²) in [5.74, 6) is 0.787. The lowest BCUT2D eigenvalue weighted by Crippen LogP contribution is -2.22. The number of allylic oxidation sites excluding steroid dienone is 1. The SMILES string of the molecule is C=CCn1c(SCc2cc(C)ccc2C)nc2ccccc2c1=O. The Morgan fingerprint density at radius 1 is 1.21 bits per heavy atom. The summed E-state index contributed by atoms with van der Waals surface area (Å²) in [5, 5.41) is 1.38. The van der Waals surface area contributed by atoms with E-state index in [4.69, 9.17) is 4.98 Å². The van der Waals surface area contributed by atoms with Gasteiger partial charge in [0.1, 0.15) is 0 Å². The first kappa shape index (κ1) is 16.5. The predicted molar refractivity (Wildman–Crippen MR) is 102 cm³/mol. The topological polar surface area (TPSA) is 34.9 Å². The van der Waals surface area contributed by atoms with Crippen LogP contribution in [0.5, 0.6) is 0 Å². The zero-order chi connectivity index (χ0) is 17.1.